The minimum Gasteiger partial charge on any atom is -0.396 e. The first-order valence-electron chi connectivity index (χ1n) is 7.00. The fraction of sp³-hybridized carbons (Fsp3) is 0.917. The maximum atomic E-state index is 11.4. The highest BCUT2D eigenvalue weighted by Gasteiger charge is 2.36. The zero-order valence-corrected chi connectivity index (χ0v) is 12.4. The highest BCUT2D eigenvalue weighted by molar-refractivity contribution is 8.00. The number of hydrogen-bond donors (Lipinski definition) is 4. The van der Waals surface area contributed by atoms with Gasteiger partial charge in [-0.25, -0.2) is 0 Å². The number of aliphatic hydroxyl groups is 1. The average Bonchev–Trinajstić information content (AvgIpc) is 2.85. The van der Waals surface area contributed by atoms with Gasteiger partial charge in [-0.05, 0) is 19.3 Å². The van der Waals surface area contributed by atoms with E-state index in [0.29, 0.717) is 30.4 Å². The number of carbonyl (C=O) groups excluding carboxylic acids is 1. The second-order valence-electron chi connectivity index (χ2n) is 4.91. The minimum atomic E-state index is -0.253. The van der Waals surface area contributed by atoms with Gasteiger partial charge in [0.05, 0.1) is 6.04 Å². The smallest absolute Gasteiger partial charge is 0.219 e. The van der Waals surface area contributed by atoms with E-state index in [9.17, 15) is 9.70 Å². The molecule has 1 amide bonds. The summed E-state index contributed by atoms with van der Waals surface area (Å²) >= 11 is 1.72. The van der Waals surface area contributed by atoms with E-state index in [1.165, 1.54) is 0 Å². The summed E-state index contributed by atoms with van der Waals surface area (Å²) < 4.78 is 0. The van der Waals surface area contributed by atoms with Crippen LogP contribution >= 0.6 is 11.8 Å². The van der Waals surface area contributed by atoms with Crippen LogP contribution in [0.1, 0.15) is 32.1 Å². The molecule has 0 aromatic rings. The number of nitroso groups, excluding NO2 is 1. The van der Waals surface area contributed by atoms with Crippen molar-refractivity contribution in [3.8, 4) is 0 Å². The van der Waals surface area contributed by atoms with E-state index in [4.69, 9.17) is 10.9 Å². The molecule has 0 bridgehead atoms. The Bertz CT molecular complexity index is 306. The van der Waals surface area contributed by atoms with Gasteiger partial charge in [0.2, 0.25) is 5.91 Å². The molecular weight excluding hydrogens is 280 g/mol. The van der Waals surface area contributed by atoms with Crippen molar-refractivity contribution in [1.29, 1.82) is 0 Å². The summed E-state index contributed by atoms with van der Waals surface area (Å²) in [7, 11) is 0. The van der Waals surface area contributed by atoms with Gasteiger partial charge in [0.25, 0.3) is 0 Å². The zero-order chi connectivity index (χ0) is 14.8. The molecule has 1 fully saturated rings. The maximum absolute atomic E-state index is 11.4. The summed E-state index contributed by atoms with van der Waals surface area (Å²) in [4.78, 5) is 22.1. The van der Waals surface area contributed by atoms with E-state index in [1.807, 2.05) is 0 Å². The molecule has 1 rings (SSSR count). The van der Waals surface area contributed by atoms with Crippen LogP contribution < -0.4 is 16.6 Å². The third-order valence-electron chi connectivity index (χ3n) is 3.42. The predicted molar refractivity (Wildman–Crippen MR) is 80.1 cm³/mol. The van der Waals surface area contributed by atoms with E-state index in [-0.39, 0.29) is 24.6 Å². The molecule has 1 aliphatic rings. The highest BCUT2D eigenvalue weighted by atomic mass is 32.2. The summed E-state index contributed by atoms with van der Waals surface area (Å²) in [5.41, 5.74) is 2.68. The van der Waals surface area contributed by atoms with Gasteiger partial charge in [-0.2, -0.15) is 16.7 Å². The van der Waals surface area contributed by atoms with E-state index in [1.54, 1.807) is 11.8 Å². The van der Waals surface area contributed by atoms with Gasteiger partial charge in [-0.15, -0.1) is 0 Å². The molecule has 0 aromatic carbocycles. The molecule has 7 nitrogen and oxygen atoms in total. The van der Waals surface area contributed by atoms with Crippen LogP contribution in [0.25, 0.3) is 0 Å². The lowest BCUT2D eigenvalue weighted by molar-refractivity contribution is -0.121. The van der Waals surface area contributed by atoms with Gasteiger partial charge in [0.15, 0.2) is 0 Å². The second kappa shape index (κ2) is 10.1. The quantitative estimate of drug-likeness (QED) is 0.197. The molecule has 1 heterocycles. The van der Waals surface area contributed by atoms with Gasteiger partial charge >= 0.3 is 0 Å². The molecule has 0 saturated carbocycles. The van der Waals surface area contributed by atoms with Crippen LogP contribution in [0.3, 0.4) is 0 Å². The Hall–Kier alpha value is -0.700. The Morgan fingerprint density at radius 2 is 2.20 bits per heavy atom. The van der Waals surface area contributed by atoms with E-state index in [0.717, 1.165) is 19.3 Å². The van der Waals surface area contributed by atoms with Crippen LogP contribution in [0, 0.1) is 4.91 Å². The number of hydrogen-bond acceptors (Lipinski definition) is 7. The first-order chi connectivity index (χ1) is 9.72. The number of aliphatic hydroxyl groups excluding tert-OH is 1. The number of carbonyl (C=O) groups is 1. The van der Waals surface area contributed by atoms with Crippen molar-refractivity contribution < 1.29 is 9.90 Å². The molecule has 5 N–H and O–H groups in total. The molecule has 0 spiro atoms. The first-order valence-corrected chi connectivity index (χ1v) is 8.05. The lowest BCUT2D eigenvalue weighted by Gasteiger charge is -2.19. The number of nitrogens with one attached hydrogen (secondary N) is 2. The third kappa shape index (κ3) is 5.74. The minimum absolute atomic E-state index is 0.0264. The van der Waals surface area contributed by atoms with E-state index < -0.39 is 0 Å². The summed E-state index contributed by atoms with van der Waals surface area (Å²) in [6, 6.07) is -0.312. The summed E-state index contributed by atoms with van der Waals surface area (Å²) in [5, 5.41) is 14.7. The van der Waals surface area contributed by atoms with Crippen LogP contribution in [0.15, 0.2) is 5.18 Å². The number of amides is 1. The van der Waals surface area contributed by atoms with Crippen LogP contribution in [0.2, 0.25) is 0 Å². The van der Waals surface area contributed by atoms with Crippen molar-refractivity contribution in [2.75, 3.05) is 18.9 Å². The van der Waals surface area contributed by atoms with Crippen molar-refractivity contribution in [3.63, 3.8) is 0 Å². The third-order valence-corrected chi connectivity index (χ3v) is 4.91. The van der Waals surface area contributed by atoms with Gasteiger partial charge in [0, 0.05) is 30.6 Å². The topological polar surface area (TPSA) is 117 Å². The Morgan fingerprint density at radius 3 is 2.85 bits per heavy atom. The van der Waals surface area contributed by atoms with Crippen molar-refractivity contribution >= 4 is 17.7 Å². The molecule has 0 radical (unpaired) electrons. The molecule has 1 unspecified atom stereocenters. The lowest BCUT2D eigenvalue weighted by atomic mass is 10.0. The molecular formula is C12H24N4O3S. The average molecular weight is 304 g/mol. The van der Waals surface area contributed by atoms with Gasteiger partial charge < -0.3 is 10.4 Å². The maximum Gasteiger partial charge on any atom is 0.219 e. The highest BCUT2D eigenvalue weighted by Crippen LogP contribution is 2.32. The van der Waals surface area contributed by atoms with Gasteiger partial charge in [-0.3, -0.25) is 16.1 Å². The molecule has 1 saturated heterocycles. The number of nitrogens with two attached hydrogens (primary N) is 1. The molecule has 116 valence electrons. The molecule has 20 heavy (non-hydrogen) atoms. The van der Waals surface area contributed by atoms with Crippen molar-refractivity contribution in [2.45, 2.75) is 49.4 Å². The number of nitrogens with zero attached hydrogens (tertiary/aromatic N) is 1. The fourth-order valence-electron chi connectivity index (χ4n) is 2.28. The Morgan fingerprint density at radius 1 is 1.40 bits per heavy atom. The fourth-order valence-corrected chi connectivity index (χ4v) is 3.79. The van der Waals surface area contributed by atoms with E-state index >= 15 is 0 Å². The van der Waals surface area contributed by atoms with Crippen molar-refractivity contribution in [1.82, 2.24) is 10.7 Å². The second-order valence-corrected chi connectivity index (χ2v) is 6.18. The number of thioether (sulfide) groups is 1. The summed E-state index contributed by atoms with van der Waals surface area (Å²) in [6.45, 7) is 0.623. The Kier molecular flexibility index (Phi) is 8.75. The van der Waals surface area contributed by atoms with Crippen molar-refractivity contribution in [2.24, 2.45) is 11.0 Å². The molecule has 3 atom stereocenters. The van der Waals surface area contributed by atoms with Crippen LogP contribution in [-0.4, -0.2) is 47.3 Å². The zero-order valence-electron chi connectivity index (χ0n) is 11.6. The normalized spacial score (nSPS) is 25.6. The van der Waals surface area contributed by atoms with Crippen LogP contribution in [-0.2, 0) is 4.79 Å². The van der Waals surface area contributed by atoms with Crippen molar-refractivity contribution in [3.05, 3.63) is 4.91 Å². The first kappa shape index (κ1) is 17.4. The van der Waals surface area contributed by atoms with E-state index in [2.05, 4.69) is 15.9 Å². The van der Waals surface area contributed by atoms with Gasteiger partial charge in [0.1, 0.15) is 6.04 Å². The largest absolute Gasteiger partial charge is 0.396 e. The standard InChI is InChI=1S/C12H24N4O3S/c13-15-12-9(16-19)8-20-10(12)4-1-2-5-11(18)14-6-3-7-17/h9-10,12,15,17H,1-8,13H2,(H,14,18)/t9-,10?,12-/m0/s1. The van der Waals surface area contributed by atoms with Gasteiger partial charge in [-0.1, -0.05) is 11.6 Å². The molecule has 0 aliphatic carbocycles. The molecule has 1 aliphatic heterocycles. The number of hydrazine groups is 1. The Balaban J connectivity index is 2.12. The SMILES string of the molecule is NN[C@@H]1C(CCCCC(=O)NCCCO)SC[C@@H]1N=O. The predicted octanol–water partition coefficient (Wildman–Crippen LogP) is 0.128. The monoisotopic (exact) mass is 304 g/mol. The number of rotatable bonds is 10. The summed E-state index contributed by atoms with van der Waals surface area (Å²) in [5.74, 6) is 6.20. The van der Waals surface area contributed by atoms with Crippen LogP contribution in [0.5, 0.6) is 0 Å². The Labute approximate surface area is 123 Å². The molecule has 8 heteroatoms. The number of unbranched alkanes of at least 4 members (excludes halogenated alkanes) is 1. The lowest BCUT2D eigenvalue weighted by Crippen LogP contribution is -2.46. The molecule has 0 aromatic heterocycles. The van der Waals surface area contributed by atoms with Crippen LogP contribution in [0.4, 0.5) is 0 Å². The summed E-state index contributed by atoms with van der Waals surface area (Å²) in [6.07, 6.45) is 3.76.